The highest BCUT2D eigenvalue weighted by molar-refractivity contribution is 7.80. The summed E-state index contributed by atoms with van der Waals surface area (Å²) in [5.41, 5.74) is 0.643. The Morgan fingerprint density at radius 3 is 2.59 bits per heavy atom. The van der Waals surface area contributed by atoms with Crippen molar-refractivity contribution >= 4 is 75.5 Å². The van der Waals surface area contributed by atoms with Gasteiger partial charge in [0.1, 0.15) is 0 Å². The number of hydrogen-bond acceptors (Lipinski definition) is 3. The van der Waals surface area contributed by atoms with Crippen molar-refractivity contribution in [3.05, 3.63) is 29.3 Å². The number of hydrogen-bond donors (Lipinski definition) is 3. The Balaban J connectivity index is 2.68. The molecule has 0 spiro atoms. The van der Waals surface area contributed by atoms with Crippen molar-refractivity contribution in [1.82, 2.24) is 10.6 Å². The summed E-state index contributed by atoms with van der Waals surface area (Å²) in [7, 11) is 0. The molecule has 3 N–H and O–H groups in total. The van der Waals surface area contributed by atoms with E-state index in [2.05, 4.69) is 16.0 Å². The van der Waals surface area contributed by atoms with E-state index in [0.29, 0.717) is 10.7 Å². The number of alkyl halides is 3. The Morgan fingerprint density at radius 2 is 2.05 bits per heavy atom. The van der Waals surface area contributed by atoms with Gasteiger partial charge in [-0.1, -0.05) is 52.5 Å². The molecule has 0 aliphatic rings. The molecule has 0 unspecified atom stereocenters. The first-order valence-corrected chi connectivity index (χ1v) is 7.97. The van der Waals surface area contributed by atoms with E-state index in [1.165, 1.54) is 0 Å². The predicted molar refractivity (Wildman–Crippen MR) is 95.0 cm³/mol. The summed E-state index contributed by atoms with van der Waals surface area (Å²) in [6.07, 6.45) is -1.83. The third-order valence-corrected chi connectivity index (χ3v) is 3.33. The first-order chi connectivity index (χ1) is 10.2. The molecule has 0 bridgehead atoms. The van der Waals surface area contributed by atoms with Gasteiger partial charge in [-0.05, 0) is 37.3 Å². The lowest BCUT2D eigenvalue weighted by Crippen LogP contribution is -2.56. The van der Waals surface area contributed by atoms with Gasteiger partial charge in [0.05, 0.1) is 6.61 Å². The monoisotopic (exact) mass is 403 g/mol. The second kappa shape index (κ2) is 8.84. The van der Waals surface area contributed by atoms with Gasteiger partial charge in [-0.25, -0.2) is 4.79 Å². The minimum Gasteiger partial charge on any atom is -0.450 e. The van der Waals surface area contributed by atoms with Crippen molar-refractivity contribution in [2.45, 2.75) is 16.9 Å². The Bertz CT molecular complexity index is 539. The van der Waals surface area contributed by atoms with Gasteiger partial charge in [0.15, 0.2) is 11.3 Å². The zero-order chi connectivity index (χ0) is 16.8. The molecule has 0 radical (unpaired) electrons. The molecule has 0 aliphatic heterocycles. The van der Waals surface area contributed by atoms with Crippen LogP contribution in [0.5, 0.6) is 0 Å². The summed E-state index contributed by atoms with van der Waals surface area (Å²) in [6.45, 7) is 1.84. The van der Waals surface area contributed by atoms with Crippen LogP contribution in [0, 0.1) is 0 Å². The molecule has 1 aromatic carbocycles. The summed E-state index contributed by atoms with van der Waals surface area (Å²) in [6, 6.07) is 6.88. The average Bonchev–Trinajstić information content (AvgIpc) is 2.37. The van der Waals surface area contributed by atoms with Gasteiger partial charge in [-0.15, -0.1) is 0 Å². The summed E-state index contributed by atoms with van der Waals surface area (Å²) < 4.78 is 2.90. The molecule has 5 nitrogen and oxygen atoms in total. The Kier molecular flexibility index (Phi) is 7.79. The molecule has 0 fully saturated rings. The van der Waals surface area contributed by atoms with Crippen molar-refractivity contribution < 1.29 is 9.53 Å². The predicted octanol–water partition coefficient (Wildman–Crippen LogP) is 4.07. The second-order valence-corrected chi connectivity index (χ2v) is 7.16. The average molecular weight is 405 g/mol. The zero-order valence-electron chi connectivity index (χ0n) is 11.3. The molecule has 0 saturated carbocycles. The number of thiocarbonyl (C=S) groups is 1. The summed E-state index contributed by atoms with van der Waals surface area (Å²) in [5.74, 6) is 0. The number of carbonyl (C=O) groups is 1. The fourth-order valence-electron chi connectivity index (χ4n) is 1.35. The minimum atomic E-state index is -1.84. The van der Waals surface area contributed by atoms with Crippen LogP contribution in [-0.2, 0) is 4.74 Å². The molecule has 122 valence electrons. The quantitative estimate of drug-likeness (QED) is 0.401. The van der Waals surface area contributed by atoms with Gasteiger partial charge in [-0.2, -0.15) is 0 Å². The Hall–Kier alpha value is -0.660. The summed E-state index contributed by atoms with van der Waals surface area (Å²) >= 11 is 28.4. The normalized spacial score (nSPS) is 12.2. The number of anilines is 1. The molecule has 1 aromatic rings. The van der Waals surface area contributed by atoms with Crippen LogP contribution in [0.1, 0.15) is 6.92 Å². The fraction of sp³-hybridized carbons (Fsp3) is 0.333. The van der Waals surface area contributed by atoms with E-state index in [9.17, 15) is 4.79 Å². The van der Waals surface area contributed by atoms with Crippen molar-refractivity contribution in [3.63, 3.8) is 0 Å². The number of alkyl carbamates (subject to hydrolysis) is 1. The number of rotatable bonds is 4. The fourth-order valence-corrected chi connectivity index (χ4v) is 2.11. The standard InChI is InChI=1S/C12H13Cl4N3O2S/c1-2-21-11(20)19-9(12(14,15)16)18-10(22)17-8-5-3-4-7(13)6-8/h3-6,9H,2H2,1H3,(H,19,20)(H2,17,18,22)/t9-/m1/s1. The molecule has 0 heterocycles. The topological polar surface area (TPSA) is 62.4 Å². The highest BCUT2D eigenvalue weighted by Crippen LogP contribution is 2.29. The van der Waals surface area contributed by atoms with E-state index in [4.69, 9.17) is 63.4 Å². The minimum absolute atomic E-state index is 0.135. The molecule has 1 atom stereocenters. The Morgan fingerprint density at radius 1 is 1.36 bits per heavy atom. The van der Waals surface area contributed by atoms with E-state index in [1.807, 2.05) is 0 Å². The van der Waals surface area contributed by atoms with E-state index >= 15 is 0 Å². The number of amides is 1. The van der Waals surface area contributed by atoms with Gasteiger partial charge in [-0.3, -0.25) is 5.32 Å². The Labute approximate surface area is 153 Å². The third kappa shape index (κ3) is 7.07. The van der Waals surface area contributed by atoms with Crippen molar-refractivity contribution in [2.24, 2.45) is 0 Å². The first kappa shape index (κ1) is 19.4. The maximum absolute atomic E-state index is 11.5. The molecule has 1 amide bonds. The first-order valence-electron chi connectivity index (χ1n) is 6.05. The van der Waals surface area contributed by atoms with Crippen LogP contribution in [-0.4, -0.2) is 27.8 Å². The van der Waals surface area contributed by atoms with Gasteiger partial charge in [0, 0.05) is 10.7 Å². The van der Waals surface area contributed by atoms with Crippen LogP contribution in [0.3, 0.4) is 0 Å². The molecular weight excluding hydrogens is 392 g/mol. The molecule has 0 aliphatic carbocycles. The van der Waals surface area contributed by atoms with Gasteiger partial charge in [0.2, 0.25) is 3.79 Å². The number of halogens is 4. The smallest absolute Gasteiger partial charge is 0.408 e. The van der Waals surface area contributed by atoms with E-state index in [-0.39, 0.29) is 11.7 Å². The van der Waals surface area contributed by atoms with E-state index < -0.39 is 16.1 Å². The van der Waals surface area contributed by atoms with Crippen molar-refractivity contribution in [3.8, 4) is 0 Å². The highest BCUT2D eigenvalue weighted by atomic mass is 35.6. The van der Waals surface area contributed by atoms with Crippen LogP contribution in [0.15, 0.2) is 24.3 Å². The van der Waals surface area contributed by atoms with Crippen molar-refractivity contribution in [2.75, 3.05) is 11.9 Å². The maximum atomic E-state index is 11.5. The lowest BCUT2D eigenvalue weighted by Gasteiger charge is -2.27. The van der Waals surface area contributed by atoms with Crippen LogP contribution < -0.4 is 16.0 Å². The highest BCUT2D eigenvalue weighted by Gasteiger charge is 2.35. The van der Waals surface area contributed by atoms with Gasteiger partial charge >= 0.3 is 6.09 Å². The summed E-state index contributed by atoms with van der Waals surface area (Å²) in [5, 5.41) is 8.58. The van der Waals surface area contributed by atoms with Crippen LogP contribution in [0.25, 0.3) is 0 Å². The molecule has 1 rings (SSSR count). The second-order valence-electron chi connectivity index (χ2n) is 3.95. The molecular formula is C12H13Cl4N3O2S. The number of nitrogens with one attached hydrogen (secondary N) is 3. The molecule has 22 heavy (non-hydrogen) atoms. The zero-order valence-corrected chi connectivity index (χ0v) is 15.2. The number of carbonyl (C=O) groups excluding carboxylic acids is 1. The largest absolute Gasteiger partial charge is 0.450 e. The molecule has 0 saturated heterocycles. The maximum Gasteiger partial charge on any atom is 0.408 e. The third-order valence-electron chi connectivity index (χ3n) is 2.22. The van der Waals surface area contributed by atoms with Gasteiger partial charge in [0.25, 0.3) is 0 Å². The van der Waals surface area contributed by atoms with Gasteiger partial charge < -0.3 is 15.4 Å². The SMILES string of the molecule is CCOC(=O)N[C@@H](NC(=S)Nc1cccc(Cl)c1)C(Cl)(Cl)Cl. The van der Waals surface area contributed by atoms with Crippen molar-refractivity contribution in [1.29, 1.82) is 0 Å². The van der Waals surface area contributed by atoms with E-state index in [0.717, 1.165) is 0 Å². The lowest BCUT2D eigenvalue weighted by atomic mass is 10.3. The van der Waals surface area contributed by atoms with E-state index in [1.54, 1.807) is 31.2 Å². The summed E-state index contributed by atoms with van der Waals surface area (Å²) in [4.78, 5) is 11.5. The molecule has 10 heteroatoms. The van der Waals surface area contributed by atoms with Crippen LogP contribution >= 0.6 is 58.6 Å². The number of ether oxygens (including phenoxy) is 1. The lowest BCUT2D eigenvalue weighted by molar-refractivity contribution is 0.147. The van der Waals surface area contributed by atoms with Crippen LogP contribution in [0.2, 0.25) is 5.02 Å². The molecule has 0 aromatic heterocycles. The number of benzene rings is 1. The van der Waals surface area contributed by atoms with Crippen LogP contribution in [0.4, 0.5) is 10.5 Å².